The van der Waals surface area contributed by atoms with E-state index in [-0.39, 0.29) is 29.7 Å². The third kappa shape index (κ3) is 2.98. The molecule has 2 rings (SSSR count). The molecule has 1 aliphatic carbocycles. The number of imide groups is 1. The largest absolute Gasteiger partial charge is 0.327 e. The van der Waals surface area contributed by atoms with Crippen LogP contribution in [0.1, 0.15) is 26.2 Å². The van der Waals surface area contributed by atoms with E-state index in [1.54, 1.807) is 20.0 Å². The Hall–Kier alpha value is -2.43. The van der Waals surface area contributed by atoms with Crippen LogP contribution in [0, 0.1) is 5.92 Å². The van der Waals surface area contributed by atoms with Crippen LogP contribution >= 0.6 is 0 Å². The second kappa shape index (κ2) is 6.99. The lowest BCUT2D eigenvalue weighted by molar-refractivity contribution is -0.136. The molecule has 0 aromatic rings. The van der Waals surface area contributed by atoms with Crippen molar-refractivity contribution in [3.8, 4) is 0 Å². The van der Waals surface area contributed by atoms with E-state index < -0.39 is 11.6 Å². The van der Waals surface area contributed by atoms with Crippen molar-refractivity contribution in [2.75, 3.05) is 13.6 Å². The van der Waals surface area contributed by atoms with Crippen LogP contribution in [-0.4, -0.2) is 46.7 Å². The molecule has 5 heteroatoms. The molecule has 3 amide bonds. The van der Waals surface area contributed by atoms with Crippen LogP contribution in [0.25, 0.3) is 0 Å². The smallest absolute Gasteiger partial charge is 0.312 e. The number of nitrogens with zero attached hydrogens (tertiary/aromatic N) is 2. The highest BCUT2D eigenvalue weighted by molar-refractivity contribution is 6.11. The van der Waals surface area contributed by atoms with E-state index in [9.17, 15) is 14.4 Å². The summed E-state index contributed by atoms with van der Waals surface area (Å²) in [6, 6.07) is -0.435. The Labute approximate surface area is 143 Å². The van der Waals surface area contributed by atoms with Gasteiger partial charge in [-0.2, -0.15) is 0 Å². The molecular weight excluding hydrogens is 304 g/mol. The highest BCUT2D eigenvalue weighted by Gasteiger charge is 2.56. The van der Waals surface area contributed by atoms with Gasteiger partial charge in [0.05, 0.1) is 6.54 Å². The lowest BCUT2D eigenvalue weighted by Crippen LogP contribution is -2.51. The number of carbonyl (C=O) groups is 3. The summed E-state index contributed by atoms with van der Waals surface area (Å²) in [4.78, 5) is 40.2. The molecule has 0 spiro atoms. The van der Waals surface area contributed by atoms with Crippen molar-refractivity contribution in [3.63, 3.8) is 0 Å². The van der Waals surface area contributed by atoms with Crippen molar-refractivity contribution < 1.29 is 14.4 Å². The Morgan fingerprint density at radius 1 is 1.46 bits per heavy atom. The van der Waals surface area contributed by atoms with E-state index in [4.69, 9.17) is 0 Å². The molecule has 2 unspecified atom stereocenters. The predicted molar refractivity (Wildman–Crippen MR) is 93.2 cm³/mol. The van der Waals surface area contributed by atoms with E-state index in [0.717, 1.165) is 24.2 Å². The maximum atomic E-state index is 12.9. The fraction of sp³-hybridized carbons (Fsp3) is 0.421. The summed E-state index contributed by atoms with van der Waals surface area (Å²) in [7, 11) is 1.62. The van der Waals surface area contributed by atoms with Crippen LogP contribution in [0.5, 0.6) is 0 Å². The van der Waals surface area contributed by atoms with Crippen LogP contribution in [0.3, 0.4) is 0 Å². The van der Waals surface area contributed by atoms with Gasteiger partial charge in [0.15, 0.2) is 5.78 Å². The van der Waals surface area contributed by atoms with Crippen LogP contribution in [0.2, 0.25) is 0 Å². The number of urea groups is 1. The zero-order chi connectivity index (χ0) is 17.9. The molecule has 1 fully saturated rings. The first-order chi connectivity index (χ1) is 11.3. The zero-order valence-electron chi connectivity index (χ0n) is 14.3. The third-order valence-electron chi connectivity index (χ3n) is 4.96. The second-order valence-electron chi connectivity index (χ2n) is 6.39. The molecule has 0 aromatic carbocycles. The van der Waals surface area contributed by atoms with Gasteiger partial charge in [-0.3, -0.25) is 14.5 Å². The number of hydrogen-bond acceptors (Lipinski definition) is 3. The van der Waals surface area contributed by atoms with Crippen molar-refractivity contribution in [1.82, 2.24) is 9.80 Å². The first kappa shape index (κ1) is 17.9. The number of hydrogen-bond donors (Lipinski definition) is 0. The summed E-state index contributed by atoms with van der Waals surface area (Å²) >= 11 is 0. The van der Waals surface area contributed by atoms with Crippen LogP contribution in [0.15, 0.2) is 49.1 Å². The van der Waals surface area contributed by atoms with Crippen molar-refractivity contribution in [1.29, 1.82) is 0 Å². The van der Waals surface area contributed by atoms with Crippen LogP contribution in [0.4, 0.5) is 4.79 Å². The van der Waals surface area contributed by atoms with Gasteiger partial charge in [0.2, 0.25) is 0 Å². The lowest BCUT2D eigenvalue weighted by atomic mass is 9.78. The van der Waals surface area contributed by atoms with Crippen LogP contribution in [-0.2, 0) is 9.59 Å². The van der Waals surface area contributed by atoms with Gasteiger partial charge >= 0.3 is 6.03 Å². The monoisotopic (exact) mass is 328 g/mol. The fourth-order valence-electron chi connectivity index (χ4n) is 3.23. The molecule has 1 saturated heterocycles. The average Bonchev–Trinajstić information content (AvgIpc) is 2.76. The quantitative estimate of drug-likeness (QED) is 0.326. The number of likely N-dealkylation sites (N-methyl/N-ethyl adjacent to an activating group) is 1. The Morgan fingerprint density at radius 2 is 2.17 bits per heavy atom. The predicted octanol–water partition coefficient (Wildman–Crippen LogP) is 2.86. The minimum atomic E-state index is -0.938. The van der Waals surface area contributed by atoms with Gasteiger partial charge in [0.25, 0.3) is 5.91 Å². The summed E-state index contributed by atoms with van der Waals surface area (Å²) in [6.07, 6.45) is 11.6. The molecule has 2 aliphatic rings. The molecule has 0 aromatic heterocycles. The Kier molecular flexibility index (Phi) is 5.22. The van der Waals surface area contributed by atoms with Crippen LogP contribution < -0.4 is 0 Å². The number of ketones is 1. The second-order valence-corrected chi connectivity index (χ2v) is 6.39. The molecule has 0 saturated carbocycles. The molecule has 1 aliphatic heterocycles. The lowest BCUT2D eigenvalue weighted by Gasteiger charge is -2.36. The topological polar surface area (TPSA) is 57.7 Å². The summed E-state index contributed by atoms with van der Waals surface area (Å²) < 4.78 is 0. The number of allylic oxidation sites excluding steroid dienone is 4. The molecule has 5 nitrogen and oxygen atoms in total. The number of Topliss-reactive ketones (excluding diaryl/α,β-unsaturated/α-hetero) is 1. The molecule has 2 atom stereocenters. The van der Waals surface area contributed by atoms with Crippen molar-refractivity contribution in [2.24, 2.45) is 5.92 Å². The van der Waals surface area contributed by atoms with Gasteiger partial charge in [-0.25, -0.2) is 4.79 Å². The molecular formula is C19H24N2O3. The molecule has 0 bridgehead atoms. The highest BCUT2D eigenvalue weighted by atomic mass is 16.2. The fourth-order valence-corrected chi connectivity index (χ4v) is 3.23. The zero-order valence-corrected chi connectivity index (χ0v) is 14.3. The average molecular weight is 328 g/mol. The maximum absolute atomic E-state index is 12.9. The number of carbonyl (C=O) groups excluding carboxylic acids is 3. The highest BCUT2D eigenvalue weighted by Crippen LogP contribution is 2.38. The van der Waals surface area contributed by atoms with E-state index in [2.05, 4.69) is 19.2 Å². The van der Waals surface area contributed by atoms with E-state index in [0.29, 0.717) is 0 Å². The normalized spacial score (nSPS) is 27.2. The summed E-state index contributed by atoms with van der Waals surface area (Å²) in [5.74, 6) is -0.705. The SMILES string of the molecule is C=C/C=C\C(=C)C(=O)CN1C(=O)N(C)C(C)(C2C=CCCC2)C1=O. The van der Waals surface area contributed by atoms with Gasteiger partial charge in [0.1, 0.15) is 5.54 Å². The Balaban J connectivity index is 2.21. The van der Waals surface area contributed by atoms with E-state index in [1.807, 2.05) is 6.08 Å². The van der Waals surface area contributed by atoms with E-state index in [1.165, 1.54) is 17.1 Å². The summed E-state index contributed by atoms with van der Waals surface area (Å²) in [6.45, 7) is 8.70. The van der Waals surface area contributed by atoms with Gasteiger partial charge in [-0.05, 0) is 26.2 Å². The Morgan fingerprint density at radius 3 is 2.75 bits per heavy atom. The van der Waals surface area contributed by atoms with Gasteiger partial charge in [-0.1, -0.05) is 43.5 Å². The molecule has 24 heavy (non-hydrogen) atoms. The van der Waals surface area contributed by atoms with Gasteiger partial charge in [0, 0.05) is 18.5 Å². The maximum Gasteiger partial charge on any atom is 0.327 e. The molecule has 0 radical (unpaired) electrons. The van der Waals surface area contributed by atoms with Crippen molar-refractivity contribution >= 4 is 17.7 Å². The van der Waals surface area contributed by atoms with Gasteiger partial charge in [-0.15, -0.1) is 0 Å². The molecule has 1 heterocycles. The van der Waals surface area contributed by atoms with Crippen molar-refractivity contribution in [2.45, 2.75) is 31.7 Å². The summed E-state index contributed by atoms with van der Waals surface area (Å²) in [5.41, 5.74) is -0.698. The number of rotatable bonds is 6. The van der Waals surface area contributed by atoms with E-state index >= 15 is 0 Å². The molecule has 128 valence electrons. The third-order valence-corrected chi connectivity index (χ3v) is 4.96. The van der Waals surface area contributed by atoms with Crippen molar-refractivity contribution in [3.05, 3.63) is 49.1 Å². The van der Waals surface area contributed by atoms with Gasteiger partial charge < -0.3 is 4.90 Å². The standard InChI is InChI=1S/C19H24N2O3/c1-5-6-10-14(2)16(22)13-21-17(23)19(3,20(4)18(21)24)15-11-8-7-9-12-15/h5-6,8,10-11,15H,1-2,7,9,12-13H2,3-4H3/b10-6-. The first-order valence-electron chi connectivity index (χ1n) is 8.11. The Bertz CT molecular complexity index is 647. The summed E-state index contributed by atoms with van der Waals surface area (Å²) in [5, 5.41) is 0. The minimum Gasteiger partial charge on any atom is -0.312 e. The number of amides is 3. The molecule has 0 N–H and O–H groups in total. The first-order valence-corrected chi connectivity index (χ1v) is 8.11. The minimum absolute atomic E-state index is 0.0309.